The monoisotopic (exact) mass is 491 g/mol. The highest BCUT2D eigenvalue weighted by molar-refractivity contribution is 5.96. The van der Waals surface area contributed by atoms with E-state index < -0.39 is 0 Å². The van der Waals surface area contributed by atoms with Gasteiger partial charge in [0.15, 0.2) is 5.96 Å². The molecule has 4 rings (SSSR count). The van der Waals surface area contributed by atoms with Crippen LogP contribution in [0.25, 0.3) is 5.70 Å². The van der Waals surface area contributed by atoms with Gasteiger partial charge in [-0.2, -0.15) is 0 Å². The van der Waals surface area contributed by atoms with Crippen molar-refractivity contribution in [2.45, 2.75) is 19.1 Å². The average molecular weight is 492 g/mol. The second-order valence-corrected chi connectivity index (χ2v) is 8.18. The lowest BCUT2D eigenvalue weighted by molar-refractivity contribution is -0.121. The van der Waals surface area contributed by atoms with E-state index in [0.717, 1.165) is 22.4 Å². The molecule has 2 aromatic rings. The first-order valence-corrected chi connectivity index (χ1v) is 11.5. The molecule has 0 radical (unpaired) electrons. The highest BCUT2D eigenvalue weighted by Crippen LogP contribution is 2.29. The Morgan fingerprint density at radius 2 is 1.97 bits per heavy atom. The molecule has 188 valence electrons. The van der Waals surface area contributed by atoms with Gasteiger partial charge < -0.3 is 37.3 Å². The number of hydrogen-bond donors (Lipinski definition) is 6. The zero-order chi connectivity index (χ0) is 25.5. The predicted molar refractivity (Wildman–Crippen MR) is 137 cm³/mol. The Morgan fingerprint density at radius 3 is 2.72 bits per heavy atom. The standard InChI is InChI=1S/C25H29N7O4/c26-24(27)28-9-8-22(34)29-14-16-4-6-19(7-5-16)32-15-18-13-21(30-23(18)31-25(32)35)17-2-1-3-20(12-17)36-11-10-33/h1-7,12-13,15,23,30,33H,8-11,14H2,(H,29,34)(H,31,35)(H4,26,27,28). The highest BCUT2D eigenvalue weighted by Gasteiger charge is 2.31. The summed E-state index contributed by atoms with van der Waals surface area (Å²) in [6, 6.07) is 14.6. The first kappa shape index (κ1) is 24.6. The van der Waals surface area contributed by atoms with Gasteiger partial charge in [-0.05, 0) is 35.9 Å². The van der Waals surface area contributed by atoms with Gasteiger partial charge in [0.25, 0.3) is 0 Å². The molecule has 0 aliphatic carbocycles. The molecule has 1 atom stereocenters. The van der Waals surface area contributed by atoms with E-state index in [-0.39, 0.29) is 50.2 Å². The molecule has 11 heteroatoms. The van der Waals surface area contributed by atoms with Crippen molar-refractivity contribution in [3.05, 3.63) is 77.5 Å². The molecule has 2 aromatic carbocycles. The van der Waals surface area contributed by atoms with Gasteiger partial charge >= 0.3 is 6.03 Å². The Hall–Kier alpha value is -4.51. The number of aliphatic hydroxyl groups is 1. The van der Waals surface area contributed by atoms with Crippen molar-refractivity contribution in [2.75, 3.05) is 24.7 Å². The van der Waals surface area contributed by atoms with E-state index in [1.165, 1.54) is 0 Å². The normalized spacial score (nSPS) is 16.2. The van der Waals surface area contributed by atoms with E-state index in [2.05, 4.69) is 20.9 Å². The summed E-state index contributed by atoms with van der Waals surface area (Å²) in [5.74, 6) is 0.459. The van der Waals surface area contributed by atoms with Crippen LogP contribution >= 0.6 is 0 Å². The number of nitrogens with one attached hydrogen (secondary N) is 3. The lowest BCUT2D eigenvalue weighted by atomic mass is 10.1. The van der Waals surface area contributed by atoms with Gasteiger partial charge in [0.1, 0.15) is 18.5 Å². The predicted octanol–water partition coefficient (Wildman–Crippen LogP) is 0.721. The molecule has 2 heterocycles. The molecule has 3 amide bonds. The van der Waals surface area contributed by atoms with Gasteiger partial charge in [-0.1, -0.05) is 24.3 Å². The first-order valence-electron chi connectivity index (χ1n) is 11.5. The van der Waals surface area contributed by atoms with E-state index >= 15 is 0 Å². The van der Waals surface area contributed by atoms with E-state index in [4.69, 9.17) is 21.3 Å². The summed E-state index contributed by atoms with van der Waals surface area (Å²) in [7, 11) is 0. The third kappa shape index (κ3) is 6.13. The number of fused-ring (bicyclic) bond motifs is 1. The third-order valence-electron chi connectivity index (χ3n) is 5.55. The molecule has 2 aliphatic rings. The third-order valence-corrected chi connectivity index (χ3v) is 5.55. The van der Waals surface area contributed by atoms with E-state index in [0.29, 0.717) is 18.0 Å². The SMILES string of the molecule is NC(N)=NCCC(=O)NCc1ccc(N2C=C3C=C(c4cccc(OCCO)c4)NC3NC2=O)cc1. The number of ether oxygens (including phenoxy) is 1. The fourth-order valence-electron chi connectivity index (χ4n) is 3.79. The van der Waals surface area contributed by atoms with Crippen LogP contribution in [0.1, 0.15) is 17.5 Å². The molecular weight excluding hydrogens is 462 g/mol. The first-order chi connectivity index (χ1) is 17.4. The van der Waals surface area contributed by atoms with Crippen molar-refractivity contribution in [3.63, 3.8) is 0 Å². The molecule has 0 spiro atoms. The van der Waals surface area contributed by atoms with Crippen molar-refractivity contribution in [1.82, 2.24) is 16.0 Å². The Morgan fingerprint density at radius 1 is 1.17 bits per heavy atom. The number of aliphatic hydroxyl groups excluding tert-OH is 1. The average Bonchev–Trinajstić information content (AvgIpc) is 3.29. The summed E-state index contributed by atoms with van der Waals surface area (Å²) in [6.45, 7) is 0.756. The van der Waals surface area contributed by atoms with Gasteiger partial charge in [-0.15, -0.1) is 0 Å². The largest absolute Gasteiger partial charge is 0.491 e. The van der Waals surface area contributed by atoms with Crippen LogP contribution < -0.4 is 37.1 Å². The number of anilines is 1. The number of hydrogen-bond acceptors (Lipinski definition) is 6. The Kier molecular flexibility index (Phi) is 7.71. The molecule has 0 saturated heterocycles. The summed E-state index contributed by atoms with van der Waals surface area (Å²) in [5.41, 5.74) is 14.8. The number of urea groups is 1. The minimum Gasteiger partial charge on any atom is -0.491 e. The Balaban J connectivity index is 1.40. The quantitative estimate of drug-likeness (QED) is 0.210. The Bertz CT molecular complexity index is 1200. The maximum atomic E-state index is 12.8. The number of nitrogens with zero attached hydrogens (tertiary/aromatic N) is 2. The molecule has 0 fully saturated rings. The van der Waals surface area contributed by atoms with Crippen molar-refractivity contribution in [1.29, 1.82) is 0 Å². The topological polar surface area (TPSA) is 167 Å². The minimum absolute atomic E-state index is 0.0421. The molecule has 0 saturated carbocycles. The summed E-state index contributed by atoms with van der Waals surface area (Å²) < 4.78 is 5.50. The van der Waals surface area contributed by atoms with Crippen molar-refractivity contribution < 1.29 is 19.4 Å². The molecule has 1 unspecified atom stereocenters. The second kappa shape index (κ2) is 11.3. The van der Waals surface area contributed by atoms with E-state index in [1.807, 2.05) is 54.6 Å². The molecule has 0 bridgehead atoms. The summed E-state index contributed by atoms with van der Waals surface area (Å²) in [4.78, 5) is 30.0. The second-order valence-electron chi connectivity index (χ2n) is 8.18. The van der Waals surface area contributed by atoms with E-state index in [1.54, 1.807) is 11.1 Å². The number of carbonyl (C=O) groups excluding carboxylic acids is 2. The van der Waals surface area contributed by atoms with Crippen LogP contribution in [0.5, 0.6) is 5.75 Å². The number of benzene rings is 2. The fourth-order valence-corrected chi connectivity index (χ4v) is 3.79. The molecule has 0 aromatic heterocycles. The van der Waals surface area contributed by atoms with Crippen molar-refractivity contribution in [3.8, 4) is 5.75 Å². The van der Waals surface area contributed by atoms with Crippen LogP contribution in [0.2, 0.25) is 0 Å². The van der Waals surface area contributed by atoms with Crippen LogP contribution in [0.15, 0.2) is 71.4 Å². The smallest absolute Gasteiger partial charge is 0.327 e. The number of amides is 3. The zero-order valence-corrected chi connectivity index (χ0v) is 19.6. The van der Waals surface area contributed by atoms with Gasteiger partial charge in [0.2, 0.25) is 5.91 Å². The van der Waals surface area contributed by atoms with Crippen LogP contribution in [0.3, 0.4) is 0 Å². The minimum atomic E-state index is -0.334. The van der Waals surface area contributed by atoms with Gasteiger partial charge in [0, 0.05) is 36.0 Å². The van der Waals surface area contributed by atoms with Gasteiger partial charge in [0.05, 0.1) is 18.8 Å². The van der Waals surface area contributed by atoms with Crippen LogP contribution in [0, 0.1) is 0 Å². The molecule has 36 heavy (non-hydrogen) atoms. The fraction of sp³-hybridized carbons (Fsp3) is 0.240. The van der Waals surface area contributed by atoms with Gasteiger partial charge in [-0.25, -0.2) is 4.79 Å². The number of aliphatic imine (C=N–C) groups is 1. The lowest BCUT2D eigenvalue weighted by Crippen LogP contribution is -2.51. The summed E-state index contributed by atoms with van der Waals surface area (Å²) in [6.07, 6.45) is 3.64. The number of rotatable bonds is 10. The van der Waals surface area contributed by atoms with Crippen LogP contribution in [-0.2, 0) is 11.3 Å². The van der Waals surface area contributed by atoms with Crippen LogP contribution in [0.4, 0.5) is 10.5 Å². The molecule has 11 nitrogen and oxygen atoms in total. The summed E-state index contributed by atoms with van der Waals surface area (Å²) in [5, 5.41) is 18.1. The number of guanidine groups is 1. The lowest BCUT2D eigenvalue weighted by Gasteiger charge is -2.29. The number of nitrogens with two attached hydrogens (primary N) is 2. The van der Waals surface area contributed by atoms with Crippen molar-refractivity contribution >= 4 is 29.3 Å². The van der Waals surface area contributed by atoms with Gasteiger partial charge in [-0.3, -0.25) is 14.7 Å². The maximum absolute atomic E-state index is 12.8. The van der Waals surface area contributed by atoms with Crippen LogP contribution in [-0.4, -0.2) is 48.9 Å². The zero-order valence-electron chi connectivity index (χ0n) is 19.6. The summed E-state index contributed by atoms with van der Waals surface area (Å²) >= 11 is 0. The molecule has 2 aliphatic heterocycles. The maximum Gasteiger partial charge on any atom is 0.327 e. The van der Waals surface area contributed by atoms with E-state index in [9.17, 15) is 9.59 Å². The number of carbonyl (C=O) groups is 2. The molecular formula is C25H29N7O4. The highest BCUT2D eigenvalue weighted by atomic mass is 16.5. The molecule has 8 N–H and O–H groups in total. The Labute approximate surface area is 208 Å². The van der Waals surface area contributed by atoms with Crippen molar-refractivity contribution in [2.24, 2.45) is 16.5 Å².